The minimum Gasteiger partial charge on any atom is -0.497 e. The third-order valence-electron chi connectivity index (χ3n) is 2.75. The summed E-state index contributed by atoms with van der Waals surface area (Å²) in [5.41, 5.74) is 5.92. The first-order chi connectivity index (χ1) is 8.90. The standard InChI is InChI=1S/C12H20N2O3S2/c1-9(18-3)6-7-14-19(15,16)12-5-4-10(17-2)8-11(12)13/h4-5,8-9,14H,6-7,13H2,1-3H3. The molecule has 1 aromatic rings. The summed E-state index contributed by atoms with van der Waals surface area (Å²) in [6, 6.07) is 4.53. The fourth-order valence-electron chi connectivity index (χ4n) is 1.49. The molecular weight excluding hydrogens is 284 g/mol. The van der Waals surface area contributed by atoms with Crippen molar-refractivity contribution in [3.63, 3.8) is 0 Å². The molecule has 1 rings (SSSR count). The maximum Gasteiger partial charge on any atom is 0.242 e. The number of anilines is 1. The number of hydrogen-bond acceptors (Lipinski definition) is 5. The molecule has 0 bridgehead atoms. The van der Waals surface area contributed by atoms with E-state index in [-0.39, 0.29) is 10.6 Å². The zero-order chi connectivity index (χ0) is 14.5. The van der Waals surface area contributed by atoms with E-state index < -0.39 is 10.0 Å². The topological polar surface area (TPSA) is 81.4 Å². The van der Waals surface area contributed by atoms with E-state index in [0.717, 1.165) is 6.42 Å². The Bertz CT molecular complexity index is 518. The molecule has 0 aliphatic carbocycles. The van der Waals surface area contributed by atoms with Gasteiger partial charge in [-0.25, -0.2) is 13.1 Å². The van der Waals surface area contributed by atoms with Gasteiger partial charge < -0.3 is 10.5 Å². The zero-order valence-corrected chi connectivity index (χ0v) is 13.0. The van der Waals surface area contributed by atoms with Gasteiger partial charge in [-0.15, -0.1) is 0 Å². The molecule has 0 heterocycles. The first-order valence-corrected chi connectivity index (χ1v) is 8.63. The molecule has 108 valence electrons. The van der Waals surface area contributed by atoms with Gasteiger partial charge >= 0.3 is 0 Å². The number of hydrogen-bond donors (Lipinski definition) is 2. The number of benzene rings is 1. The summed E-state index contributed by atoms with van der Waals surface area (Å²) in [7, 11) is -2.05. The molecule has 19 heavy (non-hydrogen) atoms. The summed E-state index contributed by atoms with van der Waals surface area (Å²) in [5, 5.41) is 0.413. The second kappa shape index (κ2) is 7.02. The number of sulfonamides is 1. The van der Waals surface area contributed by atoms with Crippen LogP contribution in [-0.2, 0) is 10.0 Å². The van der Waals surface area contributed by atoms with Gasteiger partial charge in [0, 0.05) is 17.9 Å². The third kappa shape index (κ3) is 4.59. The van der Waals surface area contributed by atoms with E-state index in [4.69, 9.17) is 10.5 Å². The van der Waals surface area contributed by atoms with Crippen LogP contribution in [0.4, 0.5) is 5.69 Å². The van der Waals surface area contributed by atoms with Gasteiger partial charge in [-0.2, -0.15) is 11.8 Å². The summed E-state index contributed by atoms with van der Waals surface area (Å²) in [4.78, 5) is 0.0881. The van der Waals surface area contributed by atoms with E-state index in [2.05, 4.69) is 11.6 Å². The van der Waals surface area contributed by atoms with Gasteiger partial charge in [0.2, 0.25) is 10.0 Å². The smallest absolute Gasteiger partial charge is 0.242 e. The van der Waals surface area contributed by atoms with Crippen LogP contribution < -0.4 is 15.2 Å². The number of nitrogens with two attached hydrogens (primary N) is 1. The van der Waals surface area contributed by atoms with Crippen molar-refractivity contribution in [1.29, 1.82) is 0 Å². The van der Waals surface area contributed by atoms with Crippen LogP contribution in [0, 0.1) is 0 Å². The lowest BCUT2D eigenvalue weighted by Gasteiger charge is -2.12. The van der Waals surface area contributed by atoms with Crippen molar-refractivity contribution in [2.75, 3.05) is 25.6 Å². The van der Waals surface area contributed by atoms with E-state index >= 15 is 0 Å². The number of nitrogens with one attached hydrogen (secondary N) is 1. The lowest BCUT2D eigenvalue weighted by Crippen LogP contribution is -2.27. The summed E-state index contributed by atoms with van der Waals surface area (Å²) in [5.74, 6) is 0.535. The van der Waals surface area contributed by atoms with Crippen LogP contribution in [0.15, 0.2) is 23.1 Å². The molecule has 0 aliphatic rings. The molecule has 7 heteroatoms. The fourth-order valence-corrected chi connectivity index (χ4v) is 3.00. The largest absolute Gasteiger partial charge is 0.497 e. The minimum atomic E-state index is -3.56. The fraction of sp³-hybridized carbons (Fsp3) is 0.500. The Morgan fingerprint density at radius 2 is 2.16 bits per heavy atom. The monoisotopic (exact) mass is 304 g/mol. The Hall–Kier alpha value is -0.920. The Labute approximate surface area is 119 Å². The van der Waals surface area contributed by atoms with E-state index in [1.165, 1.54) is 19.2 Å². The lowest BCUT2D eigenvalue weighted by molar-refractivity contribution is 0.414. The molecule has 0 aromatic heterocycles. The molecule has 0 saturated carbocycles. The summed E-state index contributed by atoms with van der Waals surface area (Å²) >= 11 is 1.70. The normalized spacial score (nSPS) is 13.2. The van der Waals surface area contributed by atoms with Gasteiger partial charge in [-0.05, 0) is 24.8 Å². The van der Waals surface area contributed by atoms with E-state index in [1.54, 1.807) is 17.8 Å². The highest BCUT2D eigenvalue weighted by Gasteiger charge is 2.17. The number of rotatable bonds is 7. The van der Waals surface area contributed by atoms with Crippen LogP contribution in [0.3, 0.4) is 0 Å². The molecule has 1 aromatic carbocycles. The molecule has 1 unspecified atom stereocenters. The SMILES string of the molecule is COc1ccc(S(=O)(=O)NCCC(C)SC)c(N)c1. The number of nitrogen functional groups attached to an aromatic ring is 1. The Balaban J connectivity index is 2.77. The molecular formula is C12H20N2O3S2. The van der Waals surface area contributed by atoms with Crippen LogP contribution in [0.1, 0.15) is 13.3 Å². The molecule has 0 spiro atoms. The Kier molecular flexibility index (Phi) is 5.96. The molecule has 5 nitrogen and oxygen atoms in total. The van der Waals surface area contributed by atoms with Crippen LogP contribution in [-0.4, -0.2) is 33.6 Å². The summed E-state index contributed by atoms with van der Waals surface area (Å²) < 4.78 is 31.7. The molecule has 3 N–H and O–H groups in total. The van der Waals surface area contributed by atoms with Crippen molar-refractivity contribution in [2.24, 2.45) is 0 Å². The van der Waals surface area contributed by atoms with E-state index in [0.29, 0.717) is 17.5 Å². The number of thioether (sulfide) groups is 1. The van der Waals surface area contributed by atoms with E-state index in [9.17, 15) is 8.42 Å². The third-order valence-corrected chi connectivity index (χ3v) is 5.33. The maximum atomic E-state index is 12.1. The van der Waals surface area contributed by atoms with Gasteiger partial charge in [-0.1, -0.05) is 6.92 Å². The summed E-state index contributed by atoms with van der Waals surface area (Å²) in [6.07, 6.45) is 2.77. The van der Waals surface area contributed by atoms with E-state index in [1.807, 2.05) is 6.26 Å². The van der Waals surface area contributed by atoms with Gasteiger partial charge in [0.05, 0.1) is 12.8 Å². The molecule has 0 aliphatic heterocycles. The van der Waals surface area contributed by atoms with Gasteiger partial charge in [-0.3, -0.25) is 0 Å². The van der Waals surface area contributed by atoms with Crippen LogP contribution in [0.25, 0.3) is 0 Å². The maximum absolute atomic E-state index is 12.1. The van der Waals surface area contributed by atoms with Crippen molar-refractivity contribution >= 4 is 27.5 Å². The number of methoxy groups -OCH3 is 1. The van der Waals surface area contributed by atoms with Crippen molar-refractivity contribution in [2.45, 2.75) is 23.5 Å². The second-order valence-electron chi connectivity index (χ2n) is 4.14. The van der Waals surface area contributed by atoms with Crippen molar-refractivity contribution in [1.82, 2.24) is 4.72 Å². The minimum absolute atomic E-state index is 0.0881. The average Bonchev–Trinajstić information content (AvgIpc) is 2.37. The Morgan fingerprint density at radius 1 is 1.47 bits per heavy atom. The molecule has 0 radical (unpaired) electrons. The first-order valence-electron chi connectivity index (χ1n) is 5.86. The molecule has 0 fully saturated rings. The molecule has 0 saturated heterocycles. The molecule has 0 amide bonds. The average molecular weight is 304 g/mol. The first kappa shape index (κ1) is 16.1. The predicted octanol–water partition coefficient (Wildman–Crippen LogP) is 1.70. The quantitative estimate of drug-likeness (QED) is 0.749. The highest BCUT2D eigenvalue weighted by molar-refractivity contribution is 7.99. The van der Waals surface area contributed by atoms with Crippen LogP contribution in [0.2, 0.25) is 0 Å². The predicted molar refractivity (Wildman–Crippen MR) is 80.2 cm³/mol. The van der Waals surface area contributed by atoms with Crippen molar-refractivity contribution in [3.05, 3.63) is 18.2 Å². The Morgan fingerprint density at radius 3 is 2.68 bits per heavy atom. The summed E-state index contributed by atoms with van der Waals surface area (Å²) in [6.45, 7) is 2.45. The van der Waals surface area contributed by atoms with Crippen LogP contribution in [0.5, 0.6) is 5.75 Å². The van der Waals surface area contributed by atoms with Crippen molar-refractivity contribution < 1.29 is 13.2 Å². The molecule has 1 atom stereocenters. The van der Waals surface area contributed by atoms with Gasteiger partial charge in [0.15, 0.2) is 0 Å². The highest BCUT2D eigenvalue weighted by atomic mass is 32.2. The highest BCUT2D eigenvalue weighted by Crippen LogP contribution is 2.23. The second-order valence-corrected chi connectivity index (χ2v) is 7.15. The van der Waals surface area contributed by atoms with Crippen LogP contribution >= 0.6 is 11.8 Å². The lowest BCUT2D eigenvalue weighted by atomic mass is 10.3. The number of ether oxygens (including phenoxy) is 1. The zero-order valence-electron chi connectivity index (χ0n) is 11.3. The van der Waals surface area contributed by atoms with Gasteiger partial charge in [0.1, 0.15) is 10.6 Å². The van der Waals surface area contributed by atoms with Gasteiger partial charge in [0.25, 0.3) is 0 Å². The van der Waals surface area contributed by atoms with Crippen molar-refractivity contribution in [3.8, 4) is 5.75 Å².